The monoisotopic (exact) mass is 284 g/mol. The van der Waals surface area contributed by atoms with Gasteiger partial charge in [0.15, 0.2) is 0 Å². The lowest BCUT2D eigenvalue weighted by atomic mass is 9.80. The van der Waals surface area contributed by atoms with Crippen LogP contribution in [0.15, 0.2) is 24.3 Å². The quantitative estimate of drug-likeness (QED) is 0.784. The largest absolute Gasteiger partial charge is 0.399 e. The van der Waals surface area contributed by atoms with Crippen LogP contribution in [-0.2, 0) is 0 Å². The predicted molar refractivity (Wildman–Crippen MR) is 83.7 cm³/mol. The van der Waals surface area contributed by atoms with Gasteiger partial charge in [-0.3, -0.25) is 4.79 Å². The molecule has 0 aliphatic rings. The molecule has 0 saturated heterocycles. The summed E-state index contributed by atoms with van der Waals surface area (Å²) in [6.45, 7) is 7.27. The number of benzene rings is 1. The molecule has 1 aromatic carbocycles. The number of carbonyl (C=O) groups excluding carboxylic acids is 1. The van der Waals surface area contributed by atoms with Crippen molar-refractivity contribution in [2.75, 3.05) is 12.3 Å². The SMILES string of the molecule is CCC(CC)(CC)CNC(=O)c1cccc(N)c1.Cl. The fourth-order valence-electron chi connectivity index (χ4n) is 2.17. The highest BCUT2D eigenvalue weighted by Gasteiger charge is 2.24. The van der Waals surface area contributed by atoms with E-state index in [0.29, 0.717) is 11.3 Å². The number of halogens is 1. The zero-order valence-corrected chi connectivity index (χ0v) is 12.8. The summed E-state index contributed by atoms with van der Waals surface area (Å²) in [5.74, 6) is -0.0398. The third kappa shape index (κ3) is 4.75. The van der Waals surface area contributed by atoms with Gasteiger partial charge < -0.3 is 11.1 Å². The Bertz CT molecular complexity index is 395. The van der Waals surface area contributed by atoms with Gasteiger partial charge in [0.2, 0.25) is 0 Å². The molecule has 0 saturated carbocycles. The first-order valence-electron chi connectivity index (χ1n) is 6.70. The van der Waals surface area contributed by atoms with Crippen molar-refractivity contribution in [1.82, 2.24) is 5.32 Å². The van der Waals surface area contributed by atoms with E-state index in [-0.39, 0.29) is 23.7 Å². The number of amides is 1. The van der Waals surface area contributed by atoms with E-state index in [1.54, 1.807) is 24.3 Å². The molecule has 0 fully saturated rings. The maximum Gasteiger partial charge on any atom is 0.251 e. The first-order chi connectivity index (χ1) is 8.56. The lowest BCUT2D eigenvalue weighted by Crippen LogP contribution is -2.36. The molecule has 0 aliphatic heterocycles. The van der Waals surface area contributed by atoms with E-state index in [1.807, 2.05) is 0 Å². The summed E-state index contributed by atoms with van der Waals surface area (Å²) < 4.78 is 0. The van der Waals surface area contributed by atoms with Crippen LogP contribution in [0.25, 0.3) is 0 Å². The predicted octanol–water partition coefficient (Wildman–Crippen LogP) is 3.64. The Labute approximate surface area is 122 Å². The second-order valence-electron chi connectivity index (χ2n) is 4.87. The Morgan fingerprint density at radius 2 is 1.79 bits per heavy atom. The van der Waals surface area contributed by atoms with Gasteiger partial charge in [0.05, 0.1) is 0 Å². The Morgan fingerprint density at radius 3 is 2.26 bits per heavy atom. The van der Waals surface area contributed by atoms with Crippen molar-refractivity contribution in [2.24, 2.45) is 5.41 Å². The summed E-state index contributed by atoms with van der Waals surface area (Å²) in [5, 5.41) is 3.03. The maximum atomic E-state index is 12.0. The third-order valence-corrected chi connectivity index (χ3v) is 4.02. The summed E-state index contributed by atoms with van der Waals surface area (Å²) in [7, 11) is 0. The molecule has 0 atom stereocenters. The molecule has 0 radical (unpaired) electrons. The molecular weight excluding hydrogens is 260 g/mol. The van der Waals surface area contributed by atoms with Crippen LogP contribution in [0.3, 0.4) is 0 Å². The molecule has 3 N–H and O–H groups in total. The van der Waals surface area contributed by atoms with Gasteiger partial charge in [-0.05, 0) is 42.9 Å². The van der Waals surface area contributed by atoms with Crippen LogP contribution in [0.1, 0.15) is 50.4 Å². The molecule has 0 aliphatic carbocycles. The molecule has 1 aromatic rings. The second-order valence-corrected chi connectivity index (χ2v) is 4.87. The number of nitrogens with two attached hydrogens (primary N) is 1. The molecule has 1 rings (SSSR count). The first-order valence-corrected chi connectivity index (χ1v) is 6.70. The minimum Gasteiger partial charge on any atom is -0.399 e. The number of anilines is 1. The van der Waals surface area contributed by atoms with Gasteiger partial charge in [-0.1, -0.05) is 26.8 Å². The number of carbonyl (C=O) groups is 1. The highest BCUT2D eigenvalue weighted by Crippen LogP contribution is 2.29. The van der Waals surface area contributed by atoms with Crippen LogP contribution in [0.4, 0.5) is 5.69 Å². The van der Waals surface area contributed by atoms with Crippen LogP contribution in [0.2, 0.25) is 0 Å². The fourth-order valence-corrected chi connectivity index (χ4v) is 2.17. The molecule has 0 spiro atoms. The van der Waals surface area contributed by atoms with Gasteiger partial charge in [-0.25, -0.2) is 0 Å². The first kappa shape index (κ1) is 17.8. The highest BCUT2D eigenvalue weighted by atomic mass is 35.5. The molecule has 0 aromatic heterocycles. The molecular formula is C15H25ClN2O. The minimum absolute atomic E-state index is 0. The van der Waals surface area contributed by atoms with Crippen LogP contribution < -0.4 is 11.1 Å². The summed E-state index contributed by atoms with van der Waals surface area (Å²) in [6, 6.07) is 7.08. The van der Waals surface area contributed by atoms with Crippen molar-refractivity contribution in [2.45, 2.75) is 40.0 Å². The van der Waals surface area contributed by atoms with E-state index in [0.717, 1.165) is 25.8 Å². The number of rotatable bonds is 6. The summed E-state index contributed by atoms with van der Waals surface area (Å²) in [6.07, 6.45) is 3.24. The number of hydrogen-bond donors (Lipinski definition) is 2. The zero-order chi connectivity index (χ0) is 13.6. The van der Waals surface area contributed by atoms with Gasteiger partial charge in [0, 0.05) is 17.8 Å². The van der Waals surface area contributed by atoms with Gasteiger partial charge in [0.25, 0.3) is 5.91 Å². The lowest BCUT2D eigenvalue weighted by Gasteiger charge is -2.30. The van der Waals surface area contributed by atoms with Crippen molar-refractivity contribution in [3.63, 3.8) is 0 Å². The average molecular weight is 285 g/mol. The van der Waals surface area contributed by atoms with Gasteiger partial charge in [-0.15, -0.1) is 12.4 Å². The van der Waals surface area contributed by atoms with Gasteiger partial charge in [0.1, 0.15) is 0 Å². The van der Waals surface area contributed by atoms with E-state index in [1.165, 1.54) is 0 Å². The van der Waals surface area contributed by atoms with Crippen LogP contribution in [-0.4, -0.2) is 12.5 Å². The molecule has 0 bridgehead atoms. The van der Waals surface area contributed by atoms with Crippen molar-refractivity contribution in [1.29, 1.82) is 0 Å². The maximum absolute atomic E-state index is 12.0. The van der Waals surface area contributed by atoms with E-state index >= 15 is 0 Å². The summed E-state index contributed by atoms with van der Waals surface area (Å²) in [4.78, 5) is 12.0. The Morgan fingerprint density at radius 1 is 1.21 bits per heavy atom. The van der Waals surface area contributed by atoms with Crippen LogP contribution >= 0.6 is 12.4 Å². The number of nitrogen functional groups attached to an aromatic ring is 1. The minimum atomic E-state index is -0.0398. The van der Waals surface area contributed by atoms with E-state index < -0.39 is 0 Å². The van der Waals surface area contributed by atoms with Crippen LogP contribution in [0.5, 0.6) is 0 Å². The van der Waals surface area contributed by atoms with Crippen LogP contribution in [0, 0.1) is 5.41 Å². The third-order valence-electron chi connectivity index (χ3n) is 4.02. The van der Waals surface area contributed by atoms with E-state index in [4.69, 9.17) is 5.73 Å². The van der Waals surface area contributed by atoms with Crippen molar-refractivity contribution in [3.05, 3.63) is 29.8 Å². The normalized spacial score (nSPS) is 10.7. The molecule has 3 nitrogen and oxygen atoms in total. The summed E-state index contributed by atoms with van der Waals surface area (Å²) >= 11 is 0. The van der Waals surface area contributed by atoms with Crippen molar-refractivity contribution in [3.8, 4) is 0 Å². The molecule has 1 amide bonds. The smallest absolute Gasteiger partial charge is 0.251 e. The Balaban J connectivity index is 0.00000324. The fraction of sp³-hybridized carbons (Fsp3) is 0.533. The topological polar surface area (TPSA) is 55.1 Å². The average Bonchev–Trinajstić information content (AvgIpc) is 2.40. The Kier molecular flexibility index (Phi) is 7.53. The van der Waals surface area contributed by atoms with Gasteiger partial charge >= 0.3 is 0 Å². The zero-order valence-electron chi connectivity index (χ0n) is 12.0. The number of hydrogen-bond acceptors (Lipinski definition) is 2. The van der Waals surface area contributed by atoms with E-state index in [9.17, 15) is 4.79 Å². The lowest BCUT2D eigenvalue weighted by molar-refractivity contribution is 0.0924. The summed E-state index contributed by atoms with van der Waals surface area (Å²) in [5.41, 5.74) is 7.15. The number of nitrogens with one attached hydrogen (secondary N) is 1. The molecule has 0 unspecified atom stereocenters. The van der Waals surface area contributed by atoms with Gasteiger partial charge in [-0.2, -0.15) is 0 Å². The Hall–Kier alpha value is -1.22. The standard InChI is InChI=1S/C15H24N2O.ClH/c1-4-15(5-2,6-3)11-17-14(18)12-8-7-9-13(16)10-12;/h7-10H,4-6,11,16H2,1-3H3,(H,17,18);1H. The van der Waals surface area contributed by atoms with E-state index in [2.05, 4.69) is 26.1 Å². The van der Waals surface area contributed by atoms with Crippen molar-refractivity contribution >= 4 is 24.0 Å². The molecule has 108 valence electrons. The molecule has 19 heavy (non-hydrogen) atoms. The van der Waals surface area contributed by atoms with Crippen molar-refractivity contribution < 1.29 is 4.79 Å². The second kappa shape index (κ2) is 8.05. The highest BCUT2D eigenvalue weighted by molar-refractivity contribution is 5.95. The molecule has 0 heterocycles. The molecule has 4 heteroatoms.